The Morgan fingerprint density at radius 3 is 1.09 bits per heavy atom. The first kappa shape index (κ1) is 76.4. The Bertz CT molecular complexity index is 1710. The Labute approximate surface area is 489 Å². The third-order valence-corrected chi connectivity index (χ3v) is 14.5. The van der Waals surface area contributed by atoms with Gasteiger partial charge in [0.05, 0.1) is 26.2 Å². The van der Waals surface area contributed by atoms with Crippen molar-refractivity contribution in [3.8, 4) is 0 Å². The van der Waals surface area contributed by atoms with Gasteiger partial charge in [0, 0.05) is 12.8 Å². The molecular weight excluding hydrogens is 1020 g/mol. The van der Waals surface area contributed by atoms with E-state index in [4.69, 9.17) is 23.3 Å². The number of aliphatic hydroxyl groups excluding tert-OH is 1. The molecule has 460 valence electrons. The van der Waals surface area contributed by atoms with Crippen molar-refractivity contribution in [1.29, 1.82) is 0 Å². The summed E-state index contributed by atoms with van der Waals surface area (Å²) in [6.45, 7) is 4.42. The maximum atomic E-state index is 12.9. The van der Waals surface area contributed by atoms with Crippen molar-refractivity contribution in [3.05, 3.63) is 97.2 Å². The number of hydrogen-bond acceptors (Lipinski definition) is 10. The average Bonchev–Trinajstić information content (AvgIpc) is 3.45. The summed E-state index contributed by atoms with van der Waals surface area (Å²) in [6, 6.07) is 0. The lowest BCUT2D eigenvalue weighted by Gasteiger charge is -2.21. The molecule has 0 aromatic rings. The Hall–Kier alpha value is -3.60. The van der Waals surface area contributed by atoms with Gasteiger partial charge in [-0.25, -0.2) is 4.57 Å². The first-order valence-corrected chi connectivity index (χ1v) is 33.6. The molecule has 0 spiro atoms. The molecule has 3 unspecified atom stereocenters. The number of unbranched alkanes of at least 4 members (excludes halogenated alkanes) is 27. The molecule has 0 aliphatic rings. The smallest absolute Gasteiger partial charge is 0.461 e. The second-order valence-corrected chi connectivity index (χ2v) is 22.7. The normalized spacial score (nSPS) is 13.9. The summed E-state index contributed by atoms with van der Waals surface area (Å²) in [5.74, 6) is -1.63. The third kappa shape index (κ3) is 59.0. The van der Waals surface area contributed by atoms with Gasteiger partial charge in [-0.1, -0.05) is 272 Å². The van der Waals surface area contributed by atoms with Gasteiger partial charge < -0.3 is 24.2 Å². The van der Waals surface area contributed by atoms with E-state index in [-0.39, 0.29) is 19.3 Å². The fourth-order valence-electron chi connectivity index (χ4n) is 8.67. The second-order valence-electron chi connectivity index (χ2n) is 21.2. The summed E-state index contributed by atoms with van der Waals surface area (Å²) in [7, 11) is -4.78. The molecule has 2 N–H and O–H groups in total. The van der Waals surface area contributed by atoms with Crippen molar-refractivity contribution in [1.82, 2.24) is 0 Å². The van der Waals surface area contributed by atoms with E-state index < -0.39 is 64.4 Å². The van der Waals surface area contributed by atoms with Crippen LogP contribution < -0.4 is 0 Å². The van der Waals surface area contributed by atoms with Gasteiger partial charge in [0.1, 0.15) is 12.7 Å². The second kappa shape index (κ2) is 61.5. The highest BCUT2D eigenvalue weighted by molar-refractivity contribution is 7.47. The van der Waals surface area contributed by atoms with Crippen molar-refractivity contribution in [2.75, 3.05) is 26.4 Å². The van der Waals surface area contributed by atoms with Gasteiger partial charge in [-0.15, -0.1) is 0 Å². The fraction of sp³-hybridized carbons (Fsp3) is 0.721. The van der Waals surface area contributed by atoms with Crippen LogP contribution >= 0.6 is 7.82 Å². The van der Waals surface area contributed by atoms with Gasteiger partial charge >= 0.3 is 25.7 Å². The number of ether oxygens (including phenoxy) is 3. The Morgan fingerprint density at radius 1 is 0.375 bits per heavy atom. The first-order valence-electron chi connectivity index (χ1n) is 32.1. The van der Waals surface area contributed by atoms with E-state index in [1.54, 1.807) is 6.08 Å². The molecule has 11 nitrogen and oxygen atoms in total. The Morgan fingerprint density at radius 2 is 0.688 bits per heavy atom. The molecular formula is C68H117O11P. The third-order valence-electron chi connectivity index (χ3n) is 13.5. The van der Waals surface area contributed by atoms with Crippen molar-refractivity contribution < 1.29 is 52.2 Å². The van der Waals surface area contributed by atoms with Crippen molar-refractivity contribution in [2.24, 2.45) is 0 Å². The number of esters is 3. The van der Waals surface area contributed by atoms with Crippen LogP contribution in [-0.4, -0.2) is 66.5 Å². The fourth-order valence-corrected chi connectivity index (χ4v) is 9.46. The van der Waals surface area contributed by atoms with Crippen LogP contribution in [0.3, 0.4) is 0 Å². The molecule has 0 saturated carbocycles. The average molecular weight is 1140 g/mol. The van der Waals surface area contributed by atoms with Crippen molar-refractivity contribution >= 4 is 25.7 Å². The van der Waals surface area contributed by atoms with Crippen LogP contribution in [0.4, 0.5) is 0 Å². The highest BCUT2D eigenvalue weighted by atomic mass is 31.2. The molecule has 0 aliphatic carbocycles. The van der Waals surface area contributed by atoms with Gasteiger partial charge in [-0.05, 0) is 83.5 Å². The van der Waals surface area contributed by atoms with E-state index in [9.17, 15) is 28.9 Å². The SMILES string of the molecule is CC/C=C\C/C=C\C/C=C\C/C=C\C/C=C\CC(=O)OCC(COP(=O)(O)OCC(CO)OC(=O)CCCCCCCCCCCCCCCCCCCCC)OC(=O)CCCCCCCC/C=C\C/C=C\C/C=C\CCCCC. The van der Waals surface area contributed by atoms with Gasteiger partial charge in [0.25, 0.3) is 0 Å². The van der Waals surface area contributed by atoms with Crippen molar-refractivity contribution in [2.45, 2.75) is 290 Å². The molecule has 80 heavy (non-hydrogen) atoms. The van der Waals surface area contributed by atoms with Crippen LogP contribution in [0.15, 0.2) is 97.2 Å². The largest absolute Gasteiger partial charge is 0.472 e. The Kier molecular flexibility index (Phi) is 58.7. The van der Waals surface area contributed by atoms with E-state index in [0.717, 1.165) is 96.3 Å². The maximum absolute atomic E-state index is 12.9. The summed E-state index contributed by atoms with van der Waals surface area (Å²) in [6.07, 6.45) is 73.9. The first-order chi connectivity index (χ1) is 39.2. The minimum absolute atomic E-state index is 0.0114. The monoisotopic (exact) mass is 1140 g/mol. The highest BCUT2D eigenvalue weighted by Gasteiger charge is 2.28. The van der Waals surface area contributed by atoms with Crippen LogP contribution in [0.25, 0.3) is 0 Å². The summed E-state index contributed by atoms with van der Waals surface area (Å²) in [5.41, 5.74) is 0. The molecule has 0 heterocycles. The molecule has 0 saturated heterocycles. The lowest BCUT2D eigenvalue weighted by Crippen LogP contribution is -2.30. The summed E-state index contributed by atoms with van der Waals surface area (Å²) in [4.78, 5) is 48.7. The highest BCUT2D eigenvalue weighted by Crippen LogP contribution is 2.43. The zero-order chi connectivity index (χ0) is 58.3. The van der Waals surface area contributed by atoms with E-state index in [2.05, 4.69) is 99.8 Å². The van der Waals surface area contributed by atoms with Gasteiger partial charge in [0.15, 0.2) is 6.10 Å². The lowest BCUT2D eigenvalue weighted by atomic mass is 10.0. The summed E-state index contributed by atoms with van der Waals surface area (Å²) in [5, 5.41) is 9.86. The molecule has 3 atom stereocenters. The maximum Gasteiger partial charge on any atom is 0.472 e. The molecule has 0 aromatic heterocycles. The minimum Gasteiger partial charge on any atom is -0.461 e. The molecule has 0 amide bonds. The van der Waals surface area contributed by atoms with Gasteiger partial charge in [-0.3, -0.25) is 23.4 Å². The van der Waals surface area contributed by atoms with E-state index in [1.165, 1.54) is 122 Å². The number of hydrogen-bond donors (Lipinski definition) is 2. The molecule has 0 radical (unpaired) electrons. The zero-order valence-corrected chi connectivity index (χ0v) is 51.9. The lowest BCUT2D eigenvalue weighted by molar-refractivity contribution is -0.161. The number of rotatable bonds is 59. The molecule has 0 aromatic carbocycles. The quantitative estimate of drug-likeness (QED) is 0.0197. The van der Waals surface area contributed by atoms with Gasteiger partial charge in [-0.2, -0.15) is 0 Å². The Balaban J connectivity index is 4.76. The predicted octanol–water partition coefficient (Wildman–Crippen LogP) is 19.6. The number of allylic oxidation sites excluding steroid dienone is 15. The molecule has 0 bridgehead atoms. The summed E-state index contributed by atoms with van der Waals surface area (Å²) < 4.78 is 39.5. The number of aliphatic hydroxyl groups is 1. The van der Waals surface area contributed by atoms with Crippen LogP contribution in [0.1, 0.15) is 278 Å². The summed E-state index contributed by atoms with van der Waals surface area (Å²) >= 11 is 0. The standard InChI is InChI=1S/C68H117O11P/c1-4-7-10-13-16-19-22-25-28-30-32-34-37-40-43-46-49-52-55-58-67(71)78-64(60-69)62-76-80(73,74)77-63-65(61-75-66(70)57-54-51-48-45-42-39-36-27-24-21-18-15-12-9-6-3)79-68(72)59-56-53-50-47-44-41-38-35-33-31-29-26-23-20-17-14-11-8-5-2/h9,12,17-18,20-21,26-27,29,33,35-36,42,45,51,54,64-65,69H,4-8,10-11,13-16,19,22-25,28,30-32,34,37-41,43-44,46-50,52-53,55-63H2,1-3H3,(H,73,74)/b12-9-,20-17-,21-18-,29-26-,35-33-,36-27-,45-42-,54-51-. The van der Waals surface area contributed by atoms with E-state index >= 15 is 0 Å². The van der Waals surface area contributed by atoms with Crippen LogP contribution in [0.5, 0.6) is 0 Å². The number of carbonyl (C=O) groups is 3. The molecule has 12 heteroatoms. The van der Waals surface area contributed by atoms with E-state index in [1.807, 2.05) is 12.2 Å². The minimum atomic E-state index is -4.78. The van der Waals surface area contributed by atoms with Crippen LogP contribution in [0.2, 0.25) is 0 Å². The zero-order valence-electron chi connectivity index (χ0n) is 51.0. The van der Waals surface area contributed by atoms with Crippen LogP contribution in [-0.2, 0) is 42.2 Å². The van der Waals surface area contributed by atoms with Gasteiger partial charge in [0.2, 0.25) is 0 Å². The number of phosphoric ester groups is 1. The molecule has 0 rings (SSSR count). The topological polar surface area (TPSA) is 155 Å². The van der Waals surface area contributed by atoms with Crippen molar-refractivity contribution in [3.63, 3.8) is 0 Å². The number of phosphoric acid groups is 1. The van der Waals surface area contributed by atoms with Crippen LogP contribution in [0, 0.1) is 0 Å². The van der Waals surface area contributed by atoms with E-state index in [0.29, 0.717) is 19.3 Å². The molecule has 0 aliphatic heterocycles. The number of carbonyl (C=O) groups excluding carboxylic acids is 3. The molecule has 0 fully saturated rings. The predicted molar refractivity (Wildman–Crippen MR) is 334 cm³/mol.